The Balaban J connectivity index is 1.44. The summed E-state index contributed by atoms with van der Waals surface area (Å²) in [6, 6.07) is 11.0. The molecule has 3 amide bonds. The summed E-state index contributed by atoms with van der Waals surface area (Å²) in [5, 5.41) is 0.238. The van der Waals surface area contributed by atoms with Gasteiger partial charge in [-0.1, -0.05) is 36.6 Å². The second kappa shape index (κ2) is 12.0. The van der Waals surface area contributed by atoms with Gasteiger partial charge in [-0.3, -0.25) is 19.3 Å². The van der Waals surface area contributed by atoms with Crippen molar-refractivity contribution in [1.82, 2.24) is 9.80 Å². The van der Waals surface area contributed by atoms with Gasteiger partial charge in [-0.15, -0.1) is 0 Å². The van der Waals surface area contributed by atoms with Crippen molar-refractivity contribution in [3.05, 3.63) is 66.4 Å². The van der Waals surface area contributed by atoms with Crippen LogP contribution in [-0.4, -0.2) is 46.5 Å². The first kappa shape index (κ1) is 26.3. The molecule has 2 fully saturated rings. The van der Waals surface area contributed by atoms with Crippen LogP contribution in [0.25, 0.3) is 6.08 Å². The first-order valence-electron chi connectivity index (χ1n) is 11.2. The summed E-state index contributed by atoms with van der Waals surface area (Å²) in [4.78, 5) is 41.2. The minimum absolute atomic E-state index is 0.178. The van der Waals surface area contributed by atoms with E-state index in [4.69, 9.17) is 16.3 Å². The Morgan fingerprint density at radius 3 is 2.29 bits per heavy atom. The number of carbonyl (C=O) groups is 3. The summed E-state index contributed by atoms with van der Waals surface area (Å²) in [6.07, 6.45) is 5.77. The molecule has 35 heavy (non-hydrogen) atoms. The standard InChI is InChI=1S/C25H23Br2ClN2O4S/c26-19-11-17(12-20(27)23(19)34-15-16-5-7-18(28)8-6-16)13-21-24(32)30(25(33)35-21)14-22(31)29-9-3-1-2-4-10-29/h5-8,11-13H,1-4,9-10,14-15H2. The summed E-state index contributed by atoms with van der Waals surface area (Å²) >= 11 is 13.8. The van der Waals surface area contributed by atoms with Gasteiger partial charge in [0.2, 0.25) is 5.91 Å². The molecule has 184 valence electrons. The van der Waals surface area contributed by atoms with E-state index in [1.807, 2.05) is 36.4 Å². The number of benzene rings is 2. The topological polar surface area (TPSA) is 66.9 Å². The van der Waals surface area contributed by atoms with Crippen LogP contribution in [0.2, 0.25) is 5.02 Å². The summed E-state index contributed by atoms with van der Waals surface area (Å²) < 4.78 is 7.34. The van der Waals surface area contributed by atoms with Gasteiger partial charge >= 0.3 is 0 Å². The van der Waals surface area contributed by atoms with E-state index in [9.17, 15) is 14.4 Å². The number of thioether (sulfide) groups is 1. The molecule has 0 saturated carbocycles. The molecule has 0 spiro atoms. The Bertz CT molecular complexity index is 1140. The number of carbonyl (C=O) groups excluding carboxylic acids is 3. The quantitative estimate of drug-likeness (QED) is 0.322. The average molecular weight is 643 g/mol. The molecular weight excluding hydrogens is 620 g/mol. The highest BCUT2D eigenvalue weighted by molar-refractivity contribution is 9.11. The van der Waals surface area contributed by atoms with Crippen LogP contribution in [-0.2, 0) is 16.2 Å². The lowest BCUT2D eigenvalue weighted by molar-refractivity contribution is -0.135. The van der Waals surface area contributed by atoms with E-state index in [2.05, 4.69) is 31.9 Å². The van der Waals surface area contributed by atoms with Crippen molar-refractivity contribution in [2.45, 2.75) is 32.3 Å². The zero-order chi connectivity index (χ0) is 24.9. The monoisotopic (exact) mass is 640 g/mol. The van der Waals surface area contributed by atoms with Gasteiger partial charge < -0.3 is 9.64 Å². The Morgan fingerprint density at radius 1 is 1.03 bits per heavy atom. The number of amides is 3. The van der Waals surface area contributed by atoms with Gasteiger partial charge in [0.05, 0.1) is 13.9 Å². The number of rotatable bonds is 6. The molecule has 2 aromatic carbocycles. The second-order valence-electron chi connectivity index (χ2n) is 8.29. The zero-order valence-electron chi connectivity index (χ0n) is 18.8. The number of imide groups is 1. The van der Waals surface area contributed by atoms with Gasteiger partial charge in [0.15, 0.2) is 0 Å². The number of likely N-dealkylation sites (tertiary alicyclic amines) is 1. The van der Waals surface area contributed by atoms with Gasteiger partial charge in [0, 0.05) is 18.1 Å². The molecule has 2 aromatic rings. The summed E-state index contributed by atoms with van der Waals surface area (Å²) in [7, 11) is 0. The molecule has 0 atom stereocenters. The first-order chi connectivity index (χ1) is 16.8. The predicted molar refractivity (Wildman–Crippen MR) is 145 cm³/mol. The number of hydrogen-bond acceptors (Lipinski definition) is 5. The van der Waals surface area contributed by atoms with Crippen LogP contribution in [0.3, 0.4) is 0 Å². The third-order valence-electron chi connectivity index (χ3n) is 5.74. The van der Waals surface area contributed by atoms with Crippen LogP contribution in [0.5, 0.6) is 5.75 Å². The fourth-order valence-electron chi connectivity index (χ4n) is 3.88. The minimum Gasteiger partial charge on any atom is -0.487 e. The lowest BCUT2D eigenvalue weighted by Gasteiger charge is -2.22. The van der Waals surface area contributed by atoms with Crippen molar-refractivity contribution >= 4 is 78.4 Å². The van der Waals surface area contributed by atoms with Gasteiger partial charge in [-0.25, -0.2) is 0 Å². The molecule has 2 heterocycles. The van der Waals surface area contributed by atoms with E-state index in [1.54, 1.807) is 11.0 Å². The fourth-order valence-corrected chi connectivity index (χ4v) is 6.29. The van der Waals surface area contributed by atoms with E-state index in [0.29, 0.717) is 45.0 Å². The fraction of sp³-hybridized carbons (Fsp3) is 0.320. The van der Waals surface area contributed by atoms with Crippen LogP contribution in [0.4, 0.5) is 4.79 Å². The number of hydrogen-bond donors (Lipinski definition) is 0. The van der Waals surface area contributed by atoms with Crippen molar-refractivity contribution < 1.29 is 19.1 Å². The van der Waals surface area contributed by atoms with E-state index >= 15 is 0 Å². The number of halogens is 3. The first-order valence-corrected chi connectivity index (χ1v) is 14.0. The second-order valence-corrected chi connectivity index (χ2v) is 11.4. The molecule has 2 saturated heterocycles. The van der Waals surface area contributed by atoms with E-state index in [-0.39, 0.29) is 17.4 Å². The van der Waals surface area contributed by atoms with Gasteiger partial charge in [-0.05, 0) is 97.9 Å². The Morgan fingerprint density at radius 2 is 1.66 bits per heavy atom. The van der Waals surface area contributed by atoms with Crippen molar-refractivity contribution in [3.8, 4) is 5.75 Å². The van der Waals surface area contributed by atoms with Crippen LogP contribution < -0.4 is 4.74 Å². The van der Waals surface area contributed by atoms with Crippen molar-refractivity contribution in [2.24, 2.45) is 0 Å². The third-order valence-corrected chi connectivity index (χ3v) is 8.08. The molecule has 0 aromatic heterocycles. The molecular formula is C25H23Br2ClN2O4S. The Kier molecular flexibility index (Phi) is 8.97. The van der Waals surface area contributed by atoms with Crippen LogP contribution in [0.1, 0.15) is 36.8 Å². The van der Waals surface area contributed by atoms with Crippen molar-refractivity contribution in [1.29, 1.82) is 0 Å². The molecule has 2 aliphatic heterocycles. The summed E-state index contributed by atoms with van der Waals surface area (Å²) in [5.74, 6) is -0.00476. The summed E-state index contributed by atoms with van der Waals surface area (Å²) in [6.45, 7) is 1.50. The molecule has 2 aliphatic rings. The predicted octanol–water partition coefficient (Wildman–Crippen LogP) is 6.88. The van der Waals surface area contributed by atoms with Gasteiger partial charge in [-0.2, -0.15) is 0 Å². The third kappa shape index (κ3) is 6.70. The van der Waals surface area contributed by atoms with Gasteiger partial charge in [0.1, 0.15) is 18.9 Å². The Labute approximate surface area is 230 Å². The highest BCUT2D eigenvalue weighted by atomic mass is 79.9. The van der Waals surface area contributed by atoms with Crippen LogP contribution >= 0.6 is 55.2 Å². The summed E-state index contributed by atoms with van der Waals surface area (Å²) in [5.41, 5.74) is 1.69. The normalized spacial score (nSPS) is 17.7. The molecule has 0 aliphatic carbocycles. The Hall–Kier alpha value is -1.81. The average Bonchev–Trinajstić information content (AvgIpc) is 3.01. The van der Waals surface area contributed by atoms with E-state index in [0.717, 1.165) is 47.9 Å². The lowest BCUT2D eigenvalue weighted by atomic mass is 10.2. The highest BCUT2D eigenvalue weighted by Gasteiger charge is 2.37. The molecule has 10 heteroatoms. The maximum atomic E-state index is 12.9. The largest absolute Gasteiger partial charge is 0.487 e. The number of nitrogens with zero attached hydrogens (tertiary/aromatic N) is 2. The van der Waals surface area contributed by atoms with Gasteiger partial charge in [0.25, 0.3) is 11.1 Å². The molecule has 6 nitrogen and oxygen atoms in total. The molecule has 4 rings (SSSR count). The molecule has 0 unspecified atom stereocenters. The minimum atomic E-state index is -0.446. The van der Waals surface area contributed by atoms with Crippen molar-refractivity contribution in [2.75, 3.05) is 19.6 Å². The van der Waals surface area contributed by atoms with Crippen molar-refractivity contribution in [3.63, 3.8) is 0 Å². The number of ether oxygens (including phenoxy) is 1. The van der Waals surface area contributed by atoms with E-state index in [1.165, 1.54) is 0 Å². The zero-order valence-corrected chi connectivity index (χ0v) is 23.5. The molecule has 0 bridgehead atoms. The van der Waals surface area contributed by atoms with Crippen LogP contribution in [0.15, 0.2) is 50.2 Å². The van der Waals surface area contributed by atoms with Crippen LogP contribution in [0, 0.1) is 0 Å². The maximum absolute atomic E-state index is 12.9. The molecule has 0 radical (unpaired) electrons. The lowest BCUT2D eigenvalue weighted by Crippen LogP contribution is -2.42. The SMILES string of the molecule is O=C(CN1C(=O)SC(=Cc2cc(Br)c(OCc3ccc(Cl)cc3)c(Br)c2)C1=O)N1CCCCCC1. The van der Waals surface area contributed by atoms with E-state index < -0.39 is 11.1 Å². The smallest absolute Gasteiger partial charge is 0.294 e. The molecule has 0 N–H and O–H groups in total. The highest BCUT2D eigenvalue weighted by Crippen LogP contribution is 2.38. The maximum Gasteiger partial charge on any atom is 0.294 e.